The molecule has 0 unspecified atom stereocenters. The first kappa shape index (κ1) is 16.3. The Labute approximate surface area is 145 Å². The van der Waals surface area contributed by atoms with Crippen LogP contribution in [0, 0.1) is 5.82 Å². The first-order valence-corrected chi connectivity index (χ1v) is 7.85. The van der Waals surface area contributed by atoms with Crippen LogP contribution >= 0.6 is 11.6 Å². The molecule has 122 valence electrons. The van der Waals surface area contributed by atoms with Crippen molar-refractivity contribution < 1.29 is 14.2 Å². The van der Waals surface area contributed by atoms with Crippen molar-refractivity contribution in [1.29, 1.82) is 0 Å². The minimum atomic E-state index is -0.329. The zero-order valence-corrected chi connectivity index (χ0v) is 13.8. The lowest BCUT2D eigenvalue weighted by Crippen LogP contribution is -1.98. The number of benzene rings is 3. The second-order valence-electron chi connectivity index (χ2n) is 5.47. The molecule has 4 heteroatoms. The maximum absolute atomic E-state index is 15.1. The highest BCUT2D eigenvalue weighted by molar-refractivity contribution is 6.30. The summed E-state index contributed by atoms with van der Waals surface area (Å²) in [6.07, 6.45) is 0.420. The SMILES string of the molecule is COc1ccc(Cc2ccc(O)cc2)c(F)c1-c1cccc(Cl)c1. The van der Waals surface area contributed by atoms with Gasteiger partial charge in [-0.2, -0.15) is 0 Å². The number of hydrogen-bond acceptors (Lipinski definition) is 2. The Morgan fingerprint density at radius 3 is 2.46 bits per heavy atom. The summed E-state index contributed by atoms with van der Waals surface area (Å²) < 4.78 is 20.5. The van der Waals surface area contributed by atoms with E-state index in [1.165, 1.54) is 7.11 Å². The molecule has 0 aliphatic heterocycles. The molecule has 0 amide bonds. The van der Waals surface area contributed by atoms with Gasteiger partial charge < -0.3 is 9.84 Å². The molecule has 0 saturated heterocycles. The molecule has 0 saturated carbocycles. The van der Waals surface area contributed by atoms with Crippen LogP contribution < -0.4 is 4.74 Å². The van der Waals surface area contributed by atoms with E-state index in [1.54, 1.807) is 60.7 Å². The molecule has 0 spiro atoms. The standard InChI is InChI=1S/C20H16ClFO2/c1-24-18-10-7-15(11-13-5-8-17(23)9-6-13)20(22)19(18)14-3-2-4-16(21)12-14/h2-10,12,23H,11H2,1H3. The molecule has 3 aromatic carbocycles. The minimum absolute atomic E-state index is 0.188. The molecule has 24 heavy (non-hydrogen) atoms. The van der Waals surface area contributed by atoms with Crippen molar-refractivity contribution >= 4 is 11.6 Å². The fraction of sp³-hybridized carbons (Fsp3) is 0.100. The van der Waals surface area contributed by atoms with E-state index in [0.29, 0.717) is 33.9 Å². The third-order valence-electron chi connectivity index (χ3n) is 3.85. The summed E-state index contributed by atoms with van der Waals surface area (Å²) in [5.74, 6) is 0.322. The Balaban J connectivity index is 2.06. The Bertz CT molecular complexity index is 860. The molecule has 2 nitrogen and oxygen atoms in total. The Kier molecular flexibility index (Phi) is 4.72. The third kappa shape index (κ3) is 3.36. The lowest BCUT2D eigenvalue weighted by molar-refractivity contribution is 0.413. The molecule has 3 rings (SSSR count). The van der Waals surface area contributed by atoms with Crippen molar-refractivity contribution in [3.05, 3.63) is 82.6 Å². The van der Waals surface area contributed by atoms with Gasteiger partial charge in [0.05, 0.1) is 12.7 Å². The number of phenols is 1. The van der Waals surface area contributed by atoms with E-state index in [1.807, 2.05) is 0 Å². The topological polar surface area (TPSA) is 29.5 Å². The summed E-state index contributed by atoms with van der Waals surface area (Å²) in [5.41, 5.74) is 2.53. The second-order valence-corrected chi connectivity index (χ2v) is 5.91. The van der Waals surface area contributed by atoms with Gasteiger partial charge in [0.15, 0.2) is 0 Å². The maximum Gasteiger partial charge on any atom is 0.138 e. The fourth-order valence-corrected chi connectivity index (χ4v) is 2.85. The highest BCUT2D eigenvalue weighted by Crippen LogP contribution is 2.36. The summed E-state index contributed by atoms with van der Waals surface area (Å²) >= 11 is 6.04. The number of hydrogen-bond donors (Lipinski definition) is 1. The molecule has 0 fully saturated rings. The molecular formula is C20H16ClFO2. The Morgan fingerprint density at radius 2 is 1.79 bits per heavy atom. The van der Waals surface area contributed by atoms with E-state index in [4.69, 9.17) is 16.3 Å². The average Bonchev–Trinajstić information content (AvgIpc) is 2.58. The van der Waals surface area contributed by atoms with Crippen LogP contribution in [0.3, 0.4) is 0 Å². The van der Waals surface area contributed by atoms with Crippen molar-refractivity contribution in [2.75, 3.05) is 7.11 Å². The van der Waals surface area contributed by atoms with Crippen LogP contribution in [0.25, 0.3) is 11.1 Å². The largest absolute Gasteiger partial charge is 0.508 e. The van der Waals surface area contributed by atoms with Crippen LogP contribution in [0.4, 0.5) is 4.39 Å². The number of phenolic OH excluding ortho intramolecular Hbond substituents is 1. The van der Waals surface area contributed by atoms with Crippen LogP contribution in [0.15, 0.2) is 60.7 Å². The lowest BCUT2D eigenvalue weighted by atomic mass is 9.97. The van der Waals surface area contributed by atoms with Crippen LogP contribution in [0.5, 0.6) is 11.5 Å². The molecule has 0 radical (unpaired) electrons. The number of methoxy groups -OCH3 is 1. The summed E-state index contributed by atoms with van der Waals surface area (Å²) in [6, 6.07) is 17.3. The summed E-state index contributed by atoms with van der Waals surface area (Å²) in [6.45, 7) is 0. The third-order valence-corrected chi connectivity index (χ3v) is 4.08. The molecule has 1 N–H and O–H groups in total. The number of aromatic hydroxyl groups is 1. The van der Waals surface area contributed by atoms with Crippen molar-refractivity contribution in [2.24, 2.45) is 0 Å². The van der Waals surface area contributed by atoms with Gasteiger partial charge in [0.2, 0.25) is 0 Å². The van der Waals surface area contributed by atoms with Gasteiger partial charge in [0.1, 0.15) is 17.3 Å². The van der Waals surface area contributed by atoms with E-state index in [0.717, 1.165) is 5.56 Å². The monoisotopic (exact) mass is 342 g/mol. The predicted octanol–water partition coefficient (Wildman–Crippen LogP) is 5.45. The highest BCUT2D eigenvalue weighted by atomic mass is 35.5. The smallest absolute Gasteiger partial charge is 0.138 e. The van der Waals surface area contributed by atoms with E-state index in [-0.39, 0.29) is 11.6 Å². The van der Waals surface area contributed by atoms with Crippen molar-refractivity contribution in [3.8, 4) is 22.6 Å². The molecule has 0 bridgehead atoms. The van der Waals surface area contributed by atoms with Gasteiger partial charge in [-0.25, -0.2) is 4.39 Å². The molecule has 0 aliphatic carbocycles. The number of halogens is 2. The molecule has 0 heterocycles. The van der Waals surface area contributed by atoms with Crippen LogP contribution in [-0.4, -0.2) is 12.2 Å². The average molecular weight is 343 g/mol. The predicted molar refractivity (Wildman–Crippen MR) is 94.3 cm³/mol. The molecule has 0 aliphatic rings. The first-order valence-electron chi connectivity index (χ1n) is 7.47. The Hall–Kier alpha value is -2.52. The summed E-state index contributed by atoms with van der Waals surface area (Å²) in [5, 5.41) is 9.90. The summed E-state index contributed by atoms with van der Waals surface area (Å²) in [7, 11) is 1.52. The van der Waals surface area contributed by atoms with Gasteiger partial charge in [0, 0.05) is 11.4 Å². The van der Waals surface area contributed by atoms with Gasteiger partial charge in [0.25, 0.3) is 0 Å². The molecule has 0 atom stereocenters. The van der Waals surface area contributed by atoms with Crippen molar-refractivity contribution in [1.82, 2.24) is 0 Å². The number of rotatable bonds is 4. The zero-order chi connectivity index (χ0) is 17.1. The van der Waals surface area contributed by atoms with E-state index < -0.39 is 0 Å². The molecule has 3 aromatic rings. The second kappa shape index (κ2) is 6.93. The van der Waals surface area contributed by atoms with Crippen molar-refractivity contribution in [2.45, 2.75) is 6.42 Å². The minimum Gasteiger partial charge on any atom is -0.508 e. The van der Waals surface area contributed by atoms with Crippen LogP contribution in [0.2, 0.25) is 5.02 Å². The van der Waals surface area contributed by atoms with Gasteiger partial charge in [-0.3, -0.25) is 0 Å². The molecule has 0 aromatic heterocycles. The summed E-state index contributed by atoms with van der Waals surface area (Å²) in [4.78, 5) is 0. The van der Waals surface area contributed by atoms with Gasteiger partial charge in [-0.1, -0.05) is 41.9 Å². The van der Waals surface area contributed by atoms with E-state index in [2.05, 4.69) is 0 Å². The van der Waals surface area contributed by atoms with Gasteiger partial charge in [-0.15, -0.1) is 0 Å². The van der Waals surface area contributed by atoms with E-state index >= 15 is 4.39 Å². The van der Waals surface area contributed by atoms with E-state index in [9.17, 15) is 5.11 Å². The lowest BCUT2D eigenvalue weighted by Gasteiger charge is -2.14. The zero-order valence-electron chi connectivity index (χ0n) is 13.1. The van der Waals surface area contributed by atoms with Gasteiger partial charge in [-0.05, 0) is 47.0 Å². The molecular weight excluding hydrogens is 327 g/mol. The number of ether oxygens (including phenoxy) is 1. The maximum atomic E-state index is 15.1. The van der Waals surface area contributed by atoms with Crippen LogP contribution in [-0.2, 0) is 6.42 Å². The highest BCUT2D eigenvalue weighted by Gasteiger charge is 2.16. The van der Waals surface area contributed by atoms with Crippen LogP contribution in [0.1, 0.15) is 11.1 Å². The Morgan fingerprint density at radius 1 is 1.04 bits per heavy atom. The first-order chi connectivity index (χ1) is 11.6. The fourth-order valence-electron chi connectivity index (χ4n) is 2.65. The van der Waals surface area contributed by atoms with Crippen molar-refractivity contribution in [3.63, 3.8) is 0 Å². The van der Waals surface area contributed by atoms with Gasteiger partial charge >= 0.3 is 0 Å². The quantitative estimate of drug-likeness (QED) is 0.683. The normalized spacial score (nSPS) is 10.6.